The van der Waals surface area contributed by atoms with Crippen LogP contribution in [0.1, 0.15) is 189 Å². The Morgan fingerprint density at radius 1 is 0.661 bits per heavy atom. The normalized spacial score (nSPS) is 16.8. The highest BCUT2D eigenvalue weighted by Crippen LogP contribution is 2.33. The molecule has 112 heavy (non-hydrogen) atoms. The number of nitrogens with two attached hydrogens (primary N) is 1. The van der Waals surface area contributed by atoms with Crippen molar-refractivity contribution < 1.29 is 94.8 Å². The lowest BCUT2D eigenvalue weighted by Gasteiger charge is -2.41. The number of likely N-dealkylation sites (tertiary alicyclic amines) is 2. The standard InChI is InChI=1S/C81H128N10O20S/c1-16-53(8)74(89(12)78(101)63(50(2)3)46-67(95)73(52(6)7)88(10)11)68(108-13)47-71(98)91-40-22-25-64(91)75(109-14)54(9)65(93)45-59(77(100)87-112(15,106)107)43-55-30-34-62(35-31-55)111-81(105)84-38-19-17-18-24-61(92)49-110-48-56-28-32-60(33-29-56)85-76(99)58(23-21-39-83-80(82)104)44-66(94)72(51(4)5)86-69(96)26-20-27-70(97)90-41-36-57(37-42-90)79(102)103/h28-35,50-54,57-59,63-64,68,72-75H,16-27,36-49H2,1-15H3,(H,84,105)(H,85,99)(H,86,96)(H,87,100)(H,102,103)(H3,82,83,104)/t53-,54-,58+,59+,63-,64-,68+,72-,73-,74-,75+/m0/s1. The van der Waals surface area contributed by atoms with Gasteiger partial charge in [0.1, 0.15) is 18.1 Å². The summed E-state index contributed by atoms with van der Waals surface area (Å²) in [7, 11) is 4.36. The van der Waals surface area contributed by atoms with Crippen molar-refractivity contribution >= 4 is 92.4 Å². The van der Waals surface area contributed by atoms with Crippen LogP contribution in [0.2, 0.25) is 0 Å². The number of ether oxygens (including phenoxy) is 4. The SMILES string of the molecule is CC[C@H](C)[C@@H]([C@@H](CC(=O)N1CCC[C@H]1[C@H](OC)[C@@H](C)C(=O)C[C@@H](Cc1ccc(OC(=O)NCCCCCC(=O)COCc2ccc(NC(=O)[C@H](CCCNC(N)=O)CC(=O)[C@@H](NC(=O)CCCC(=O)N3CCC(C(=O)O)CC3)C(C)C)cc2)cc1)C(=O)NS(C)(=O)=O)OC)N(C)C(=O)[C@@H](CC(=O)[C@H](C(C)C)N(C)C)C(C)C. The lowest BCUT2D eigenvalue weighted by molar-refractivity contribution is -0.149. The molecule has 11 atom stereocenters. The van der Waals surface area contributed by atoms with Gasteiger partial charge in [0.05, 0.1) is 61.6 Å². The summed E-state index contributed by atoms with van der Waals surface area (Å²) < 4.78 is 50.1. The maximum absolute atomic E-state index is 14.6. The highest BCUT2D eigenvalue weighted by molar-refractivity contribution is 7.89. The molecule has 8 N–H and O–H groups in total. The van der Waals surface area contributed by atoms with Crippen LogP contribution in [0.25, 0.3) is 0 Å². The first-order valence-corrected chi connectivity index (χ1v) is 41.4. The molecule has 31 heteroatoms. The number of carboxylic acid groups (broad SMARTS) is 1. The number of carbonyl (C=O) groups is 13. The molecule has 0 aliphatic carbocycles. The number of unbranched alkanes of at least 4 members (excludes halogenated alkanes) is 2. The number of sulfonamides is 1. The van der Waals surface area contributed by atoms with Gasteiger partial charge in [0.2, 0.25) is 45.5 Å². The molecule has 0 radical (unpaired) electrons. The van der Waals surface area contributed by atoms with E-state index >= 15 is 0 Å². The molecule has 0 saturated carbocycles. The summed E-state index contributed by atoms with van der Waals surface area (Å²) in [5.41, 5.74) is 6.92. The second-order valence-electron chi connectivity index (χ2n) is 31.5. The summed E-state index contributed by atoms with van der Waals surface area (Å²) in [5, 5.41) is 20.1. The Balaban J connectivity index is 1.24. The number of aliphatic carboxylic acids is 1. The minimum Gasteiger partial charge on any atom is -0.481 e. The zero-order chi connectivity index (χ0) is 83.7. The van der Waals surface area contributed by atoms with Crippen molar-refractivity contribution in [3.05, 3.63) is 59.7 Å². The number of likely N-dealkylation sites (N-methyl/N-ethyl adjacent to an activating group) is 2. The van der Waals surface area contributed by atoms with Gasteiger partial charge in [-0.2, -0.15) is 0 Å². The molecule has 628 valence electrons. The second-order valence-corrected chi connectivity index (χ2v) is 33.2. The Bertz CT molecular complexity index is 3540. The number of ketones is 4. The van der Waals surface area contributed by atoms with E-state index in [4.69, 9.17) is 24.7 Å². The summed E-state index contributed by atoms with van der Waals surface area (Å²) in [5.74, 6) is -8.50. The van der Waals surface area contributed by atoms with Gasteiger partial charge in [0.15, 0.2) is 17.3 Å². The fraction of sp³-hybridized carbons (Fsp3) is 0.691. The molecule has 4 rings (SSSR count). The Labute approximate surface area is 662 Å². The first kappa shape index (κ1) is 96.1. The minimum absolute atomic E-state index is 0.0124. The predicted molar refractivity (Wildman–Crippen MR) is 422 cm³/mol. The topological polar surface area (TPSA) is 412 Å². The smallest absolute Gasteiger partial charge is 0.412 e. The van der Waals surface area contributed by atoms with E-state index in [-0.39, 0.29) is 161 Å². The van der Waals surface area contributed by atoms with Gasteiger partial charge in [-0.25, -0.2) is 18.0 Å². The van der Waals surface area contributed by atoms with Crippen molar-refractivity contribution in [1.29, 1.82) is 0 Å². The molecule has 0 spiro atoms. The number of Topliss-reactive ketones (excluding diaryl/α,β-unsaturated/α-hetero) is 4. The average molecular weight is 1590 g/mol. The number of rotatable bonds is 51. The van der Waals surface area contributed by atoms with E-state index in [2.05, 4.69) is 21.3 Å². The van der Waals surface area contributed by atoms with Crippen molar-refractivity contribution in [3.8, 4) is 5.75 Å². The Hall–Kier alpha value is -8.26. The van der Waals surface area contributed by atoms with Crippen LogP contribution in [0.3, 0.4) is 0 Å². The van der Waals surface area contributed by atoms with E-state index in [1.165, 1.54) is 26.4 Å². The third kappa shape index (κ3) is 32.3. The molecule has 30 nitrogen and oxygen atoms in total. The number of nitrogens with zero attached hydrogens (tertiary/aromatic N) is 4. The first-order chi connectivity index (χ1) is 52.8. The van der Waals surface area contributed by atoms with Gasteiger partial charge in [0.25, 0.3) is 0 Å². The number of methoxy groups -OCH3 is 2. The van der Waals surface area contributed by atoms with Crippen LogP contribution in [0.5, 0.6) is 5.75 Å². The van der Waals surface area contributed by atoms with E-state index in [1.54, 1.807) is 78.9 Å². The Morgan fingerprint density at radius 2 is 1.29 bits per heavy atom. The van der Waals surface area contributed by atoms with Crippen molar-refractivity contribution in [3.63, 3.8) is 0 Å². The van der Waals surface area contributed by atoms with Crippen LogP contribution >= 0.6 is 0 Å². The highest BCUT2D eigenvalue weighted by atomic mass is 32.2. The zero-order valence-corrected chi connectivity index (χ0v) is 69.5. The van der Waals surface area contributed by atoms with Crippen LogP contribution in [-0.4, -0.2) is 227 Å². The second kappa shape index (κ2) is 48.1. The maximum Gasteiger partial charge on any atom is 0.412 e. The zero-order valence-electron chi connectivity index (χ0n) is 68.6. The molecule has 0 unspecified atom stereocenters. The summed E-state index contributed by atoms with van der Waals surface area (Å²) in [6.45, 7) is 18.5. The third-order valence-electron chi connectivity index (χ3n) is 21.5. The van der Waals surface area contributed by atoms with Gasteiger partial charge in [-0.1, -0.05) is 99.4 Å². The summed E-state index contributed by atoms with van der Waals surface area (Å²) in [6.07, 6.45) is 3.17. The van der Waals surface area contributed by atoms with Crippen LogP contribution in [0.4, 0.5) is 15.3 Å². The molecule has 2 aromatic carbocycles. The quantitative estimate of drug-likeness (QED) is 0.0313. The number of hydrogen-bond acceptors (Lipinski definition) is 20. The van der Waals surface area contributed by atoms with E-state index in [0.29, 0.717) is 88.7 Å². The Morgan fingerprint density at radius 3 is 1.87 bits per heavy atom. The molecule has 2 aliphatic rings. The van der Waals surface area contributed by atoms with Gasteiger partial charge in [0, 0.05) is 122 Å². The molecular weight excluding hydrogens is 1470 g/mol. The van der Waals surface area contributed by atoms with Gasteiger partial charge in [-0.05, 0) is 137 Å². The van der Waals surface area contributed by atoms with E-state index in [9.17, 15) is 75.9 Å². The van der Waals surface area contributed by atoms with E-state index in [1.807, 2.05) is 65.3 Å². The number of carboxylic acids is 1. The first-order valence-electron chi connectivity index (χ1n) is 39.6. The number of nitrogens with one attached hydrogen (secondary N) is 5. The molecule has 2 aliphatic heterocycles. The van der Waals surface area contributed by atoms with Gasteiger partial charge < -0.3 is 65.8 Å². The largest absolute Gasteiger partial charge is 0.481 e. The summed E-state index contributed by atoms with van der Waals surface area (Å²) in [6, 6.07) is 9.86. The lowest BCUT2D eigenvalue weighted by Crippen LogP contribution is -2.54. The molecule has 0 bridgehead atoms. The van der Waals surface area contributed by atoms with Crippen LogP contribution in [-0.2, 0) is 90.0 Å². The number of carbonyl (C=O) groups excluding carboxylic acids is 12. The van der Waals surface area contributed by atoms with Crippen molar-refractivity contribution in [2.24, 2.45) is 59.0 Å². The molecule has 9 amide bonds. The number of hydrogen-bond donors (Lipinski definition) is 7. The molecule has 0 aromatic heterocycles. The lowest BCUT2D eigenvalue weighted by atomic mass is 9.83. The fourth-order valence-electron chi connectivity index (χ4n) is 15.0. The average Bonchev–Trinajstić information content (AvgIpc) is 1.46. The molecular formula is C81H128N10O20S. The number of benzene rings is 2. The van der Waals surface area contributed by atoms with E-state index in [0.717, 1.165) is 11.8 Å². The van der Waals surface area contributed by atoms with Crippen LogP contribution in [0.15, 0.2) is 48.5 Å². The number of primary amides is 1. The summed E-state index contributed by atoms with van der Waals surface area (Å²) >= 11 is 0. The monoisotopic (exact) mass is 1590 g/mol. The Kier molecular flexibility index (Phi) is 41.2. The van der Waals surface area contributed by atoms with Crippen LogP contribution < -0.4 is 36.5 Å². The van der Waals surface area contributed by atoms with Crippen molar-refractivity contribution in [2.75, 3.05) is 86.3 Å². The fourth-order valence-corrected chi connectivity index (χ4v) is 15.6. The minimum atomic E-state index is -4.04. The maximum atomic E-state index is 14.6. The van der Waals surface area contributed by atoms with Gasteiger partial charge in [-0.3, -0.25) is 62.4 Å². The molecule has 2 fully saturated rings. The summed E-state index contributed by atoms with van der Waals surface area (Å²) in [4.78, 5) is 179. The van der Waals surface area contributed by atoms with E-state index < -0.39 is 112 Å². The number of amides is 9. The molecule has 2 heterocycles. The molecule has 2 saturated heterocycles. The highest BCUT2D eigenvalue weighted by Gasteiger charge is 2.44. The van der Waals surface area contributed by atoms with Gasteiger partial charge >= 0.3 is 18.1 Å². The van der Waals surface area contributed by atoms with Crippen LogP contribution in [0, 0.1) is 53.3 Å². The predicted octanol–water partition coefficient (Wildman–Crippen LogP) is 7.65. The third-order valence-corrected chi connectivity index (χ3v) is 22.0. The van der Waals surface area contributed by atoms with Crippen molar-refractivity contribution in [2.45, 2.75) is 227 Å². The number of piperidine rings is 1. The van der Waals surface area contributed by atoms with Crippen molar-refractivity contribution in [1.82, 2.24) is 40.3 Å². The number of anilines is 1. The van der Waals surface area contributed by atoms with Gasteiger partial charge in [-0.15, -0.1) is 0 Å². The number of urea groups is 1. The molecule has 2 aromatic rings.